The predicted molar refractivity (Wildman–Crippen MR) is 108 cm³/mol. The minimum absolute atomic E-state index is 0. The molecule has 1 aliphatic rings. The highest BCUT2D eigenvalue weighted by Crippen LogP contribution is 2.22. The number of carbonyl (C=O) groups is 2. The number of nitrogens with one attached hydrogen (secondary N) is 2. The molecule has 2 rings (SSSR count). The lowest BCUT2D eigenvalue weighted by Crippen LogP contribution is -2.34. The lowest BCUT2D eigenvalue weighted by atomic mass is 9.87. The van der Waals surface area contributed by atoms with Gasteiger partial charge in [0.15, 0.2) is 0 Å². The standard InChI is InChI=1S/C20H31N3O2.ClH/c1-20(2,3)17-7-5-16(6-8-17)19(25)22-11-9-18(24)23-12-10-15(14-23)13-21-4;/h5-8,15,21H,9-14H2,1-4H3,(H,22,25);1H. The van der Waals surface area contributed by atoms with E-state index in [9.17, 15) is 9.59 Å². The van der Waals surface area contributed by atoms with E-state index in [1.165, 1.54) is 5.56 Å². The number of hydrogen-bond donors (Lipinski definition) is 2. The van der Waals surface area contributed by atoms with Crippen molar-refractivity contribution < 1.29 is 9.59 Å². The second-order valence-corrected chi connectivity index (χ2v) is 7.89. The topological polar surface area (TPSA) is 61.4 Å². The first-order valence-electron chi connectivity index (χ1n) is 9.12. The van der Waals surface area contributed by atoms with Gasteiger partial charge in [0.25, 0.3) is 5.91 Å². The van der Waals surface area contributed by atoms with E-state index in [1.54, 1.807) is 0 Å². The molecular weight excluding hydrogens is 350 g/mol. The van der Waals surface area contributed by atoms with Gasteiger partial charge in [-0.05, 0) is 49.0 Å². The van der Waals surface area contributed by atoms with E-state index in [-0.39, 0.29) is 29.6 Å². The summed E-state index contributed by atoms with van der Waals surface area (Å²) in [5.74, 6) is 0.551. The van der Waals surface area contributed by atoms with Gasteiger partial charge in [0, 0.05) is 31.6 Å². The van der Waals surface area contributed by atoms with Crippen LogP contribution < -0.4 is 10.6 Å². The highest BCUT2D eigenvalue weighted by Gasteiger charge is 2.25. The van der Waals surface area contributed by atoms with E-state index in [2.05, 4.69) is 31.4 Å². The molecule has 1 aliphatic heterocycles. The molecule has 0 saturated carbocycles. The second kappa shape index (κ2) is 9.93. The Morgan fingerprint density at radius 1 is 1.19 bits per heavy atom. The number of carbonyl (C=O) groups excluding carboxylic acids is 2. The summed E-state index contributed by atoms with van der Waals surface area (Å²) in [6.45, 7) is 9.42. The van der Waals surface area contributed by atoms with Crippen molar-refractivity contribution in [2.24, 2.45) is 5.92 Å². The third-order valence-corrected chi connectivity index (χ3v) is 4.77. The van der Waals surface area contributed by atoms with Gasteiger partial charge in [-0.25, -0.2) is 0 Å². The van der Waals surface area contributed by atoms with Crippen molar-refractivity contribution in [3.63, 3.8) is 0 Å². The number of benzene rings is 1. The van der Waals surface area contributed by atoms with E-state index < -0.39 is 0 Å². The molecule has 0 bridgehead atoms. The van der Waals surface area contributed by atoms with Crippen LogP contribution in [0.3, 0.4) is 0 Å². The number of likely N-dealkylation sites (tertiary alicyclic amines) is 1. The van der Waals surface area contributed by atoms with Crippen LogP contribution in [0.2, 0.25) is 0 Å². The maximum absolute atomic E-state index is 12.2. The Balaban J connectivity index is 0.00000338. The van der Waals surface area contributed by atoms with E-state index in [0.717, 1.165) is 26.1 Å². The van der Waals surface area contributed by atoms with Gasteiger partial charge < -0.3 is 15.5 Å². The molecule has 1 heterocycles. The largest absolute Gasteiger partial charge is 0.352 e. The summed E-state index contributed by atoms with van der Waals surface area (Å²) in [6, 6.07) is 7.68. The van der Waals surface area contributed by atoms with Gasteiger partial charge in [-0.1, -0.05) is 32.9 Å². The second-order valence-electron chi connectivity index (χ2n) is 7.89. The molecule has 146 valence electrons. The van der Waals surface area contributed by atoms with Gasteiger partial charge in [0.1, 0.15) is 0 Å². The zero-order valence-corrected chi connectivity index (χ0v) is 17.1. The highest BCUT2D eigenvalue weighted by atomic mass is 35.5. The van der Waals surface area contributed by atoms with Crippen molar-refractivity contribution in [3.05, 3.63) is 35.4 Å². The Labute approximate surface area is 163 Å². The third-order valence-electron chi connectivity index (χ3n) is 4.77. The quantitative estimate of drug-likeness (QED) is 0.796. The van der Waals surface area contributed by atoms with Crippen molar-refractivity contribution in [1.82, 2.24) is 15.5 Å². The minimum atomic E-state index is -0.122. The molecule has 0 spiro atoms. The van der Waals surface area contributed by atoms with Gasteiger partial charge in [-0.2, -0.15) is 0 Å². The molecule has 1 atom stereocenters. The van der Waals surface area contributed by atoms with Crippen LogP contribution in [0.4, 0.5) is 0 Å². The van der Waals surface area contributed by atoms with Crippen LogP contribution in [0.25, 0.3) is 0 Å². The first-order chi connectivity index (χ1) is 11.8. The lowest BCUT2D eigenvalue weighted by molar-refractivity contribution is -0.130. The van der Waals surface area contributed by atoms with E-state index in [0.29, 0.717) is 24.4 Å². The minimum Gasteiger partial charge on any atom is -0.352 e. The lowest BCUT2D eigenvalue weighted by Gasteiger charge is -2.19. The van der Waals surface area contributed by atoms with Gasteiger partial charge >= 0.3 is 0 Å². The fourth-order valence-electron chi connectivity index (χ4n) is 3.18. The van der Waals surface area contributed by atoms with E-state index in [4.69, 9.17) is 0 Å². The van der Waals surface area contributed by atoms with Crippen LogP contribution >= 0.6 is 12.4 Å². The number of halogens is 1. The maximum Gasteiger partial charge on any atom is 0.251 e. The summed E-state index contributed by atoms with van der Waals surface area (Å²) in [5.41, 5.74) is 1.91. The molecule has 0 aromatic heterocycles. The molecule has 2 amide bonds. The molecule has 5 nitrogen and oxygen atoms in total. The first-order valence-corrected chi connectivity index (χ1v) is 9.12. The average molecular weight is 382 g/mol. The van der Waals surface area contributed by atoms with E-state index >= 15 is 0 Å². The molecule has 1 aromatic rings. The molecule has 0 aliphatic carbocycles. The van der Waals surface area contributed by atoms with Gasteiger partial charge in [0.2, 0.25) is 5.91 Å². The van der Waals surface area contributed by atoms with Crippen LogP contribution in [0.5, 0.6) is 0 Å². The maximum atomic E-state index is 12.2. The van der Waals surface area contributed by atoms with Crippen LogP contribution in [-0.4, -0.2) is 49.9 Å². The average Bonchev–Trinajstić information content (AvgIpc) is 3.03. The Morgan fingerprint density at radius 2 is 1.85 bits per heavy atom. The fraction of sp³-hybridized carbons (Fsp3) is 0.600. The summed E-state index contributed by atoms with van der Waals surface area (Å²) in [5, 5.41) is 6.01. The predicted octanol–water partition coefficient (Wildman–Crippen LogP) is 2.59. The molecule has 1 unspecified atom stereocenters. The molecule has 0 radical (unpaired) electrons. The van der Waals surface area contributed by atoms with Crippen LogP contribution in [0.15, 0.2) is 24.3 Å². The Hall–Kier alpha value is -1.59. The summed E-state index contributed by atoms with van der Waals surface area (Å²) in [6.07, 6.45) is 1.41. The molecule has 6 heteroatoms. The van der Waals surface area contributed by atoms with Crippen molar-refractivity contribution in [2.45, 2.75) is 39.0 Å². The van der Waals surface area contributed by atoms with Crippen molar-refractivity contribution in [1.29, 1.82) is 0 Å². The summed E-state index contributed by atoms with van der Waals surface area (Å²) in [4.78, 5) is 26.3. The van der Waals surface area contributed by atoms with Crippen molar-refractivity contribution in [3.8, 4) is 0 Å². The fourth-order valence-corrected chi connectivity index (χ4v) is 3.18. The smallest absolute Gasteiger partial charge is 0.251 e. The van der Waals surface area contributed by atoms with Crippen LogP contribution in [0.1, 0.15) is 49.5 Å². The zero-order valence-electron chi connectivity index (χ0n) is 16.3. The Kier molecular flexibility index (Phi) is 8.57. The number of nitrogens with zero attached hydrogens (tertiary/aromatic N) is 1. The van der Waals surface area contributed by atoms with Crippen molar-refractivity contribution in [2.75, 3.05) is 33.2 Å². The first kappa shape index (κ1) is 22.5. The molecule has 1 fully saturated rings. The zero-order chi connectivity index (χ0) is 18.4. The highest BCUT2D eigenvalue weighted by molar-refractivity contribution is 5.94. The van der Waals surface area contributed by atoms with Gasteiger partial charge in [-0.15, -0.1) is 12.4 Å². The monoisotopic (exact) mass is 381 g/mol. The molecular formula is C20H32ClN3O2. The van der Waals surface area contributed by atoms with Crippen LogP contribution in [-0.2, 0) is 10.2 Å². The van der Waals surface area contributed by atoms with Gasteiger partial charge in [-0.3, -0.25) is 9.59 Å². The summed E-state index contributed by atoms with van der Waals surface area (Å²) in [7, 11) is 1.94. The summed E-state index contributed by atoms with van der Waals surface area (Å²) >= 11 is 0. The van der Waals surface area contributed by atoms with Crippen molar-refractivity contribution >= 4 is 24.2 Å². The summed E-state index contributed by atoms with van der Waals surface area (Å²) < 4.78 is 0. The SMILES string of the molecule is CNCC1CCN(C(=O)CCNC(=O)c2ccc(C(C)(C)C)cc2)C1.Cl. The third kappa shape index (κ3) is 6.29. The molecule has 1 saturated heterocycles. The van der Waals surface area contributed by atoms with Gasteiger partial charge in [0.05, 0.1) is 0 Å². The van der Waals surface area contributed by atoms with E-state index in [1.807, 2.05) is 36.2 Å². The molecule has 2 N–H and O–H groups in total. The normalized spacial score (nSPS) is 16.9. The molecule has 26 heavy (non-hydrogen) atoms. The Bertz CT molecular complexity index is 596. The molecule has 1 aromatic carbocycles. The number of amides is 2. The van der Waals surface area contributed by atoms with Crippen LogP contribution in [0, 0.1) is 5.92 Å². The number of rotatable bonds is 6. The number of hydrogen-bond acceptors (Lipinski definition) is 3. The Morgan fingerprint density at radius 3 is 2.42 bits per heavy atom.